The first-order valence-electron chi connectivity index (χ1n) is 7.14. The van der Waals surface area contributed by atoms with Crippen LogP contribution in [0.5, 0.6) is 0 Å². The summed E-state index contributed by atoms with van der Waals surface area (Å²) in [4.78, 5) is 0. The molecule has 0 spiro atoms. The van der Waals surface area contributed by atoms with Crippen LogP contribution >= 0.6 is 0 Å². The van der Waals surface area contributed by atoms with Gasteiger partial charge in [0.1, 0.15) is 0 Å². The third-order valence-corrected chi connectivity index (χ3v) is 3.72. The van der Waals surface area contributed by atoms with E-state index in [1.807, 2.05) is 20.8 Å². The zero-order chi connectivity index (χ0) is 13.7. The van der Waals surface area contributed by atoms with Gasteiger partial charge in [-0.2, -0.15) is 0 Å². The first kappa shape index (κ1) is 22.3. The number of hydrogen-bond acceptors (Lipinski definition) is 4. The highest BCUT2D eigenvalue weighted by atomic mass is 16.5. The van der Waals surface area contributed by atoms with E-state index in [-0.39, 0.29) is 47.3 Å². The van der Waals surface area contributed by atoms with E-state index in [0.717, 1.165) is 25.7 Å². The molecule has 6 atom stereocenters. The molecule has 2 heterocycles. The fourth-order valence-electron chi connectivity index (χ4n) is 2.48. The maximum atomic E-state index is 9.23. The van der Waals surface area contributed by atoms with Gasteiger partial charge in [-0.05, 0) is 26.7 Å². The molecule has 2 N–H and O–H groups in total. The first-order chi connectivity index (χ1) is 8.47. The number of ether oxygens (including phenoxy) is 2. The molecule has 0 aromatic rings. The lowest BCUT2D eigenvalue weighted by Crippen LogP contribution is -2.18. The third-order valence-electron chi connectivity index (χ3n) is 3.72. The first-order valence-corrected chi connectivity index (χ1v) is 7.14. The summed E-state index contributed by atoms with van der Waals surface area (Å²) in [5.74, 6) is 0. The van der Waals surface area contributed by atoms with Crippen molar-refractivity contribution in [3.8, 4) is 0 Å². The highest BCUT2D eigenvalue weighted by molar-refractivity contribution is 5.76. The Morgan fingerprint density at radius 2 is 1.50 bits per heavy atom. The molecule has 0 amide bonds. The number of rotatable bonds is 2. The molecule has 0 bridgehead atoms. The molecule has 0 aromatic carbocycles. The molecule has 2 fully saturated rings. The predicted molar refractivity (Wildman–Crippen MR) is 82.0 cm³/mol. The Morgan fingerprint density at radius 1 is 0.900 bits per heavy atom. The Bertz CT molecular complexity index is 233. The molecule has 0 aliphatic carbocycles. The maximum absolute atomic E-state index is 9.23. The normalized spacial score (nSPS) is 39.3. The molecule has 2 aliphatic rings. The minimum atomic E-state index is -0.227. The number of aliphatic hydroxyl groups is 2. The van der Waals surface area contributed by atoms with Crippen LogP contribution in [-0.4, -0.2) is 63.7 Å². The molecule has 114 valence electrons. The highest BCUT2D eigenvalue weighted by Gasteiger charge is 2.29. The van der Waals surface area contributed by atoms with Gasteiger partial charge in [-0.15, -0.1) is 0 Å². The summed E-state index contributed by atoms with van der Waals surface area (Å²) in [6.45, 7) is 8.03. The summed E-state index contributed by atoms with van der Waals surface area (Å²) in [7, 11) is 0. The average Bonchev–Trinajstić information content (AvgIpc) is 2.83. The zero-order valence-corrected chi connectivity index (χ0v) is 13.2. The summed E-state index contributed by atoms with van der Waals surface area (Å²) in [6, 6.07) is 0. The number of hydrogen-bond donors (Lipinski definition) is 2. The van der Waals surface area contributed by atoms with E-state index in [1.165, 1.54) is 0 Å². The fourth-order valence-corrected chi connectivity index (χ4v) is 2.48. The molecule has 2 saturated heterocycles. The van der Waals surface area contributed by atoms with Crippen LogP contribution in [0.1, 0.15) is 53.4 Å². The van der Waals surface area contributed by atoms with Crippen molar-refractivity contribution in [3.63, 3.8) is 0 Å². The van der Waals surface area contributed by atoms with Crippen LogP contribution in [0.25, 0.3) is 0 Å². The van der Waals surface area contributed by atoms with Gasteiger partial charge < -0.3 is 19.7 Å². The van der Waals surface area contributed by atoms with Gasteiger partial charge in [-0.1, -0.05) is 13.8 Å². The summed E-state index contributed by atoms with van der Waals surface area (Å²) < 4.78 is 10.7. The van der Waals surface area contributed by atoms with Crippen molar-refractivity contribution in [1.82, 2.24) is 0 Å². The Morgan fingerprint density at radius 3 is 1.70 bits per heavy atom. The summed E-state index contributed by atoms with van der Waals surface area (Å²) >= 11 is 0. The van der Waals surface area contributed by atoms with Gasteiger partial charge in [0.05, 0.1) is 36.6 Å². The minimum absolute atomic E-state index is 0. The van der Waals surface area contributed by atoms with Gasteiger partial charge >= 0.3 is 0 Å². The minimum Gasteiger partial charge on any atom is -0.390 e. The predicted octanol–water partition coefficient (Wildman–Crippen LogP) is 1.11. The van der Waals surface area contributed by atoms with E-state index in [9.17, 15) is 10.2 Å². The summed E-state index contributed by atoms with van der Waals surface area (Å²) in [5.41, 5.74) is 0. The second kappa shape index (κ2) is 10.7. The van der Waals surface area contributed by atoms with Crippen LogP contribution in [0.2, 0.25) is 0 Å². The quantitative estimate of drug-likeness (QED) is 0.745. The van der Waals surface area contributed by atoms with Crippen LogP contribution in [0, 0.1) is 0 Å². The van der Waals surface area contributed by atoms with Gasteiger partial charge in [-0.25, -0.2) is 0 Å². The molecule has 2 aliphatic heterocycles. The van der Waals surface area contributed by atoms with Gasteiger partial charge in [0.2, 0.25) is 0 Å². The molecular weight excluding hydrogens is 254 g/mol. The van der Waals surface area contributed by atoms with Crippen molar-refractivity contribution in [3.05, 3.63) is 0 Å². The maximum Gasteiger partial charge on any atom is 0.0835 e. The molecule has 0 aromatic heterocycles. The van der Waals surface area contributed by atoms with Crippen molar-refractivity contribution in [2.24, 2.45) is 0 Å². The van der Waals surface area contributed by atoms with E-state index in [0.29, 0.717) is 6.10 Å². The molecular formula is C14H28B2O4. The Labute approximate surface area is 127 Å². The van der Waals surface area contributed by atoms with Crippen LogP contribution in [0.4, 0.5) is 0 Å². The smallest absolute Gasteiger partial charge is 0.0835 e. The van der Waals surface area contributed by atoms with E-state index in [1.54, 1.807) is 0 Å². The van der Waals surface area contributed by atoms with Gasteiger partial charge in [0, 0.05) is 29.7 Å². The van der Waals surface area contributed by atoms with Gasteiger partial charge in [-0.3, -0.25) is 0 Å². The molecule has 20 heavy (non-hydrogen) atoms. The van der Waals surface area contributed by atoms with E-state index < -0.39 is 0 Å². The highest BCUT2D eigenvalue weighted by Crippen LogP contribution is 2.22. The molecule has 6 radical (unpaired) electrons. The van der Waals surface area contributed by atoms with E-state index in [4.69, 9.17) is 9.47 Å². The van der Waals surface area contributed by atoms with Crippen molar-refractivity contribution in [2.75, 3.05) is 0 Å². The van der Waals surface area contributed by atoms with Crippen LogP contribution < -0.4 is 0 Å². The molecule has 6 heteroatoms. The summed E-state index contributed by atoms with van der Waals surface area (Å²) in [5, 5.41) is 18.4. The van der Waals surface area contributed by atoms with Crippen LogP contribution in [0.15, 0.2) is 0 Å². The second-order valence-electron chi connectivity index (χ2n) is 5.37. The zero-order valence-electron chi connectivity index (χ0n) is 13.2. The average molecular weight is 282 g/mol. The monoisotopic (exact) mass is 282 g/mol. The Balaban J connectivity index is 0. The second-order valence-corrected chi connectivity index (χ2v) is 5.37. The van der Waals surface area contributed by atoms with Crippen LogP contribution in [-0.2, 0) is 9.47 Å². The fraction of sp³-hybridized carbons (Fsp3) is 1.00. The molecule has 4 nitrogen and oxygen atoms in total. The standard InChI is InChI=1S/2C7H14O2.2B/c1-3-6-4-7(8)5(2)9-6;1-3-7-6(8)4-5(2)9-7;;/h2*5-8H,3-4H2,1-2H3;;. The SMILES string of the molecule is CCC1CC(O)C(C)O1.CCC1OC(C)CC1O.[B].[B]. The summed E-state index contributed by atoms with van der Waals surface area (Å²) in [6.07, 6.45) is 3.82. The molecule has 6 unspecified atom stereocenters. The van der Waals surface area contributed by atoms with Crippen LogP contribution in [0.3, 0.4) is 0 Å². The van der Waals surface area contributed by atoms with Crippen molar-refractivity contribution >= 4 is 16.8 Å². The van der Waals surface area contributed by atoms with Crippen molar-refractivity contribution < 1.29 is 19.7 Å². The van der Waals surface area contributed by atoms with Gasteiger partial charge in [0.15, 0.2) is 0 Å². The largest absolute Gasteiger partial charge is 0.390 e. The van der Waals surface area contributed by atoms with Crippen molar-refractivity contribution in [1.29, 1.82) is 0 Å². The third kappa shape index (κ3) is 6.61. The van der Waals surface area contributed by atoms with Gasteiger partial charge in [0.25, 0.3) is 0 Å². The lowest BCUT2D eigenvalue weighted by Gasteiger charge is -2.09. The van der Waals surface area contributed by atoms with E-state index in [2.05, 4.69) is 6.92 Å². The van der Waals surface area contributed by atoms with Crippen molar-refractivity contribution in [2.45, 2.75) is 90.0 Å². The number of aliphatic hydroxyl groups excluding tert-OH is 2. The Kier molecular flexibility index (Phi) is 11.9. The lowest BCUT2D eigenvalue weighted by molar-refractivity contribution is 0.0144. The topological polar surface area (TPSA) is 58.9 Å². The molecule has 2 rings (SSSR count). The Hall–Kier alpha value is -0.0301. The lowest BCUT2D eigenvalue weighted by atomic mass is 10.1. The molecule has 0 saturated carbocycles. The van der Waals surface area contributed by atoms with E-state index >= 15 is 0 Å².